The Labute approximate surface area is 172 Å². The van der Waals surface area contributed by atoms with Crippen LogP contribution in [0.15, 0.2) is 48.5 Å². The van der Waals surface area contributed by atoms with E-state index >= 15 is 0 Å². The first kappa shape index (κ1) is 21.6. The lowest BCUT2D eigenvalue weighted by molar-refractivity contribution is 0.131. The molecule has 0 N–H and O–H groups in total. The molecule has 0 heterocycles. The number of hydrogen-bond acceptors (Lipinski definition) is 2. The van der Waals surface area contributed by atoms with Crippen molar-refractivity contribution in [2.24, 2.45) is 0 Å². The summed E-state index contributed by atoms with van der Waals surface area (Å²) in [7, 11) is 1.26. The summed E-state index contributed by atoms with van der Waals surface area (Å²) in [5, 5.41) is 0. The lowest BCUT2D eigenvalue weighted by Gasteiger charge is -2.09. The maximum Gasteiger partial charge on any atom is 0.201 e. The summed E-state index contributed by atoms with van der Waals surface area (Å²) in [6.07, 6.45) is 3.02. The first-order valence-electron chi connectivity index (χ1n) is 9.31. The normalized spacial score (nSPS) is 11.3. The maximum absolute atomic E-state index is 14.5. The van der Waals surface area contributed by atoms with E-state index in [1.807, 2.05) is 0 Å². The molecule has 0 aliphatic rings. The van der Waals surface area contributed by atoms with Gasteiger partial charge in [0.25, 0.3) is 0 Å². The highest BCUT2D eigenvalue weighted by Crippen LogP contribution is 2.28. The minimum absolute atomic E-state index is 0.00573. The Hall–Kier alpha value is -3.12. The average Bonchev–Trinajstić information content (AvgIpc) is 2.76. The molecule has 0 aliphatic heterocycles. The van der Waals surface area contributed by atoms with Crippen molar-refractivity contribution in [3.63, 3.8) is 0 Å². The number of ether oxygens (including phenoxy) is 2. The monoisotopic (exact) mass is 416 g/mol. The molecule has 3 rings (SSSR count). The summed E-state index contributed by atoms with van der Waals surface area (Å²) in [6.45, 7) is 2.19. The minimum atomic E-state index is -1.06. The second-order valence-corrected chi connectivity index (χ2v) is 6.48. The quantitative estimate of drug-likeness (QED) is 0.318. The standard InChI is InChI=1S/C24H20F4O2/c1-3-30-14-18-10-12-19(23(27)22(18)26)16-7-4-15(5-8-16)6-9-17-11-13-20(29-2)24(28)21(17)25/h4-13H,3,14H2,1-2H3/b9-6+. The van der Waals surface area contributed by atoms with E-state index in [2.05, 4.69) is 0 Å². The summed E-state index contributed by atoms with van der Waals surface area (Å²) in [4.78, 5) is 0. The van der Waals surface area contributed by atoms with E-state index in [-0.39, 0.29) is 29.0 Å². The van der Waals surface area contributed by atoms with Crippen molar-refractivity contribution in [3.8, 4) is 16.9 Å². The van der Waals surface area contributed by atoms with Gasteiger partial charge < -0.3 is 9.47 Å². The Bertz CT molecular complexity index is 1060. The van der Waals surface area contributed by atoms with Crippen LogP contribution in [-0.2, 0) is 11.3 Å². The van der Waals surface area contributed by atoms with Gasteiger partial charge >= 0.3 is 0 Å². The zero-order chi connectivity index (χ0) is 21.7. The van der Waals surface area contributed by atoms with Crippen LogP contribution in [0.4, 0.5) is 17.6 Å². The van der Waals surface area contributed by atoms with Gasteiger partial charge in [-0.25, -0.2) is 13.2 Å². The SMILES string of the molecule is CCOCc1ccc(-c2ccc(/C=C/c3ccc(OC)c(F)c3F)cc2)c(F)c1F. The first-order chi connectivity index (χ1) is 14.5. The third kappa shape index (κ3) is 4.54. The van der Waals surface area contributed by atoms with Gasteiger partial charge in [-0.05, 0) is 30.2 Å². The van der Waals surface area contributed by atoms with Crippen LogP contribution in [0.25, 0.3) is 23.3 Å². The van der Waals surface area contributed by atoms with Gasteiger partial charge in [0.2, 0.25) is 5.82 Å². The lowest BCUT2D eigenvalue weighted by Crippen LogP contribution is -2.00. The predicted molar refractivity (Wildman–Crippen MR) is 109 cm³/mol. The lowest BCUT2D eigenvalue weighted by atomic mass is 10.0. The number of rotatable bonds is 7. The number of benzene rings is 3. The Kier molecular flexibility index (Phi) is 6.90. The van der Waals surface area contributed by atoms with E-state index in [0.29, 0.717) is 17.7 Å². The third-order valence-electron chi connectivity index (χ3n) is 4.60. The van der Waals surface area contributed by atoms with E-state index in [1.54, 1.807) is 37.3 Å². The highest BCUT2D eigenvalue weighted by atomic mass is 19.2. The molecular formula is C24H20F4O2. The van der Waals surface area contributed by atoms with Crippen LogP contribution in [0.3, 0.4) is 0 Å². The van der Waals surface area contributed by atoms with Gasteiger partial charge in [0.1, 0.15) is 0 Å². The van der Waals surface area contributed by atoms with E-state index in [4.69, 9.17) is 9.47 Å². The van der Waals surface area contributed by atoms with Crippen LogP contribution in [-0.4, -0.2) is 13.7 Å². The van der Waals surface area contributed by atoms with Gasteiger partial charge in [-0.1, -0.05) is 48.6 Å². The fraction of sp³-hybridized carbons (Fsp3) is 0.167. The van der Waals surface area contributed by atoms with Gasteiger partial charge in [-0.3, -0.25) is 0 Å². The number of methoxy groups -OCH3 is 1. The number of halogens is 4. The van der Waals surface area contributed by atoms with Crippen LogP contribution < -0.4 is 4.74 Å². The first-order valence-corrected chi connectivity index (χ1v) is 9.31. The predicted octanol–water partition coefficient (Wildman–Crippen LogP) is 6.63. The summed E-state index contributed by atoms with van der Waals surface area (Å²) < 4.78 is 66.4. The fourth-order valence-electron chi connectivity index (χ4n) is 2.93. The van der Waals surface area contributed by atoms with Crippen molar-refractivity contribution >= 4 is 12.2 Å². The zero-order valence-corrected chi connectivity index (χ0v) is 16.5. The average molecular weight is 416 g/mol. The van der Waals surface area contributed by atoms with Gasteiger partial charge in [-0.2, -0.15) is 4.39 Å². The molecule has 156 valence electrons. The molecule has 0 spiro atoms. The summed E-state index contributed by atoms with van der Waals surface area (Å²) >= 11 is 0. The zero-order valence-electron chi connectivity index (χ0n) is 16.5. The Morgan fingerprint density at radius 1 is 0.767 bits per heavy atom. The third-order valence-corrected chi connectivity index (χ3v) is 4.60. The van der Waals surface area contributed by atoms with Crippen LogP contribution in [0.2, 0.25) is 0 Å². The van der Waals surface area contributed by atoms with Crippen molar-refractivity contribution in [1.82, 2.24) is 0 Å². The molecule has 0 aliphatic carbocycles. The summed E-state index contributed by atoms with van der Waals surface area (Å²) in [6, 6.07) is 12.4. The second-order valence-electron chi connectivity index (χ2n) is 6.48. The molecule has 0 radical (unpaired) electrons. The molecule has 0 atom stereocenters. The molecular weight excluding hydrogens is 396 g/mol. The topological polar surface area (TPSA) is 18.5 Å². The minimum Gasteiger partial charge on any atom is -0.494 e. The smallest absolute Gasteiger partial charge is 0.201 e. The van der Waals surface area contributed by atoms with Crippen LogP contribution >= 0.6 is 0 Å². The number of hydrogen-bond donors (Lipinski definition) is 0. The molecule has 0 saturated carbocycles. The fourth-order valence-corrected chi connectivity index (χ4v) is 2.93. The Morgan fingerprint density at radius 2 is 1.50 bits per heavy atom. The van der Waals surface area contributed by atoms with Crippen molar-refractivity contribution < 1.29 is 27.0 Å². The molecule has 0 amide bonds. The largest absolute Gasteiger partial charge is 0.494 e. The van der Waals surface area contributed by atoms with Crippen LogP contribution in [0.5, 0.6) is 5.75 Å². The molecule has 0 unspecified atom stereocenters. The highest BCUT2D eigenvalue weighted by Gasteiger charge is 2.15. The molecule has 30 heavy (non-hydrogen) atoms. The van der Waals surface area contributed by atoms with Crippen molar-refractivity contribution in [2.75, 3.05) is 13.7 Å². The highest BCUT2D eigenvalue weighted by molar-refractivity contribution is 5.73. The molecule has 3 aromatic carbocycles. The van der Waals surface area contributed by atoms with Crippen LogP contribution in [0, 0.1) is 23.3 Å². The Morgan fingerprint density at radius 3 is 2.17 bits per heavy atom. The van der Waals surface area contributed by atoms with Crippen LogP contribution in [0.1, 0.15) is 23.6 Å². The Balaban J connectivity index is 1.81. The van der Waals surface area contributed by atoms with Gasteiger partial charge in [0.05, 0.1) is 13.7 Å². The van der Waals surface area contributed by atoms with E-state index in [9.17, 15) is 17.6 Å². The molecule has 2 nitrogen and oxygen atoms in total. The van der Waals surface area contributed by atoms with E-state index in [0.717, 1.165) is 0 Å². The summed E-state index contributed by atoms with van der Waals surface area (Å²) in [5.74, 6) is -4.10. The van der Waals surface area contributed by atoms with E-state index in [1.165, 1.54) is 37.5 Å². The molecule has 0 aromatic heterocycles. The molecule has 0 saturated heterocycles. The molecule has 6 heteroatoms. The van der Waals surface area contributed by atoms with Crippen molar-refractivity contribution in [3.05, 3.63) is 88.5 Å². The molecule has 0 fully saturated rings. The van der Waals surface area contributed by atoms with Gasteiger partial charge in [-0.15, -0.1) is 0 Å². The molecule has 3 aromatic rings. The van der Waals surface area contributed by atoms with Gasteiger partial charge in [0.15, 0.2) is 23.2 Å². The van der Waals surface area contributed by atoms with E-state index < -0.39 is 23.3 Å². The molecule has 0 bridgehead atoms. The second kappa shape index (κ2) is 9.59. The maximum atomic E-state index is 14.5. The van der Waals surface area contributed by atoms with Crippen molar-refractivity contribution in [1.29, 1.82) is 0 Å². The summed E-state index contributed by atoms with van der Waals surface area (Å²) in [5.41, 5.74) is 1.53. The van der Waals surface area contributed by atoms with Gasteiger partial charge in [0, 0.05) is 23.3 Å². The van der Waals surface area contributed by atoms with Crippen molar-refractivity contribution in [2.45, 2.75) is 13.5 Å².